The Kier molecular flexibility index (Phi) is 6.12. The van der Waals surface area contributed by atoms with Crippen LogP contribution in [0.15, 0.2) is 54.6 Å². The van der Waals surface area contributed by atoms with E-state index in [9.17, 15) is 4.79 Å². The van der Waals surface area contributed by atoms with E-state index in [0.717, 1.165) is 18.7 Å². The Balaban J connectivity index is 1.85. The zero-order chi connectivity index (χ0) is 17.6. The molecule has 0 heterocycles. The number of hydrogen-bond donors (Lipinski definition) is 2. The standard InChI is InChI=1S/C20H26N2O2/c1-20(2,15-22(3)14-17-7-5-4-6-8-17)21-13-16-9-11-18(12-10-16)19(23)24/h4-12,21H,13-15H2,1-3H3,(H,23,24). The largest absolute Gasteiger partial charge is 0.478 e. The second-order valence-electron chi connectivity index (χ2n) is 6.90. The van der Waals surface area contributed by atoms with Crippen molar-refractivity contribution in [2.24, 2.45) is 0 Å². The van der Waals surface area contributed by atoms with Gasteiger partial charge in [0.05, 0.1) is 5.56 Å². The van der Waals surface area contributed by atoms with Crippen molar-refractivity contribution in [1.29, 1.82) is 0 Å². The number of benzene rings is 2. The molecule has 2 aromatic carbocycles. The minimum Gasteiger partial charge on any atom is -0.478 e. The fourth-order valence-electron chi connectivity index (χ4n) is 2.79. The van der Waals surface area contributed by atoms with Crippen molar-refractivity contribution < 1.29 is 9.90 Å². The lowest BCUT2D eigenvalue weighted by Gasteiger charge is -2.31. The number of nitrogens with zero attached hydrogens (tertiary/aromatic N) is 1. The molecule has 2 N–H and O–H groups in total. The lowest BCUT2D eigenvalue weighted by Crippen LogP contribution is -2.47. The summed E-state index contributed by atoms with van der Waals surface area (Å²) in [6.07, 6.45) is 0. The molecule has 4 nitrogen and oxygen atoms in total. The van der Waals surface area contributed by atoms with Crippen molar-refractivity contribution in [1.82, 2.24) is 10.2 Å². The van der Waals surface area contributed by atoms with Gasteiger partial charge in [-0.05, 0) is 44.2 Å². The Morgan fingerprint density at radius 1 is 1.04 bits per heavy atom. The minimum absolute atomic E-state index is 0.0466. The van der Waals surface area contributed by atoms with Crippen LogP contribution >= 0.6 is 0 Å². The van der Waals surface area contributed by atoms with Crippen LogP contribution < -0.4 is 5.32 Å². The monoisotopic (exact) mass is 326 g/mol. The smallest absolute Gasteiger partial charge is 0.335 e. The summed E-state index contributed by atoms with van der Waals surface area (Å²) in [5.74, 6) is -0.891. The zero-order valence-corrected chi connectivity index (χ0v) is 14.6. The highest BCUT2D eigenvalue weighted by atomic mass is 16.4. The molecular weight excluding hydrogens is 300 g/mol. The number of rotatable bonds is 8. The van der Waals surface area contributed by atoms with Crippen LogP contribution in [-0.2, 0) is 13.1 Å². The quantitative estimate of drug-likeness (QED) is 0.781. The van der Waals surface area contributed by atoms with Crippen LogP contribution in [0, 0.1) is 0 Å². The van der Waals surface area contributed by atoms with Crippen molar-refractivity contribution in [3.05, 3.63) is 71.3 Å². The van der Waals surface area contributed by atoms with E-state index in [1.165, 1.54) is 5.56 Å². The lowest BCUT2D eigenvalue weighted by molar-refractivity contribution is 0.0697. The summed E-state index contributed by atoms with van der Waals surface area (Å²) in [5, 5.41) is 12.5. The van der Waals surface area contributed by atoms with Crippen molar-refractivity contribution in [3.8, 4) is 0 Å². The second-order valence-corrected chi connectivity index (χ2v) is 6.90. The molecule has 0 aliphatic rings. The lowest BCUT2D eigenvalue weighted by atomic mass is 10.0. The van der Waals surface area contributed by atoms with E-state index in [2.05, 4.69) is 55.4 Å². The average molecular weight is 326 g/mol. The highest BCUT2D eigenvalue weighted by molar-refractivity contribution is 5.87. The molecule has 4 heteroatoms. The average Bonchev–Trinajstić information content (AvgIpc) is 2.54. The van der Waals surface area contributed by atoms with Crippen molar-refractivity contribution in [2.75, 3.05) is 13.6 Å². The maximum Gasteiger partial charge on any atom is 0.335 e. The first-order valence-electron chi connectivity index (χ1n) is 8.15. The molecule has 2 aromatic rings. The molecule has 0 aromatic heterocycles. The molecule has 0 saturated heterocycles. The predicted molar refractivity (Wildman–Crippen MR) is 97.1 cm³/mol. The normalized spacial score (nSPS) is 11.7. The number of aromatic carboxylic acids is 1. The number of carbonyl (C=O) groups is 1. The maximum absolute atomic E-state index is 10.9. The van der Waals surface area contributed by atoms with Crippen LogP contribution in [-0.4, -0.2) is 35.1 Å². The summed E-state index contributed by atoms with van der Waals surface area (Å²) in [5.41, 5.74) is 2.66. The van der Waals surface area contributed by atoms with Gasteiger partial charge in [0, 0.05) is 25.2 Å². The molecular formula is C20H26N2O2. The van der Waals surface area contributed by atoms with Gasteiger partial charge in [-0.2, -0.15) is 0 Å². The number of hydrogen-bond acceptors (Lipinski definition) is 3. The highest BCUT2D eigenvalue weighted by Crippen LogP contribution is 2.11. The molecule has 128 valence electrons. The van der Waals surface area contributed by atoms with Gasteiger partial charge in [-0.3, -0.25) is 0 Å². The van der Waals surface area contributed by atoms with E-state index in [1.54, 1.807) is 12.1 Å². The molecule has 0 fully saturated rings. The van der Waals surface area contributed by atoms with Gasteiger partial charge in [-0.1, -0.05) is 42.5 Å². The van der Waals surface area contributed by atoms with Gasteiger partial charge >= 0.3 is 5.97 Å². The fourth-order valence-corrected chi connectivity index (χ4v) is 2.79. The van der Waals surface area contributed by atoms with Crippen LogP contribution in [0.3, 0.4) is 0 Å². The van der Waals surface area contributed by atoms with Gasteiger partial charge in [-0.25, -0.2) is 4.79 Å². The fraction of sp³-hybridized carbons (Fsp3) is 0.350. The van der Waals surface area contributed by atoms with E-state index in [-0.39, 0.29) is 5.54 Å². The van der Waals surface area contributed by atoms with E-state index in [4.69, 9.17) is 5.11 Å². The first-order chi connectivity index (χ1) is 11.4. The van der Waals surface area contributed by atoms with E-state index < -0.39 is 5.97 Å². The predicted octanol–water partition coefficient (Wildman–Crippen LogP) is 3.39. The summed E-state index contributed by atoms with van der Waals surface area (Å²) < 4.78 is 0. The summed E-state index contributed by atoms with van der Waals surface area (Å²) >= 11 is 0. The van der Waals surface area contributed by atoms with Crippen LogP contribution in [0.2, 0.25) is 0 Å². The molecule has 0 aliphatic carbocycles. The summed E-state index contributed by atoms with van der Waals surface area (Å²) in [4.78, 5) is 13.2. The van der Waals surface area contributed by atoms with Crippen LogP contribution in [0.1, 0.15) is 35.3 Å². The van der Waals surface area contributed by atoms with Crippen molar-refractivity contribution >= 4 is 5.97 Å². The minimum atomic E-state index is -0.891. The maximum atomic E-state index is 10.9. The number of likely N-dealkylation sites (N-methyl/N-ethyl adjacent to an activating group) is 1. The zero-order valence-electron chi connectivity index (χ0n) is 14.6. The summed E-state index contributed by atoms with van der Waals surface area (Å²) in [7, 11) is 2.12. The molecule has 24 heavy (non-hydrogen) atoms. The van der Waals surface area contributed by atoms with Crippen LogP contribution in [0.25, 0.3) is 0 Å². The third-order valence-corrected chi connectivity index (χ3v) is 3.93. The molecule has 2 rings (SSSR count). The molecule has 0 unspecified atom stereocenters. The molecule has 0 aliphatic heterocycles. The Labute approximate surface area is 144 Å². The summed E-state index contributed by atoms with van der Waals surface area (Å²) in [6.45, 7) is 6.90. The summed E-state index contributed by atoms with van der Waals surface area (Å²) in [6, 6.07) is 17.5. The van der Waals surface area contributed by atoms with Crippen LogP contribution in [0.5, 0.6) is 0 Å². The van der Waals surface area contributed by atoms with E-state index in [0.29, 0.717) is 12.1 Å². The number of carboxylic acids is 1. The van der Waals surface area contributed by atoms with Crippen LogP contribution in [0.4, 0.5) is 0 Å². The van der Waals surface area contributed by atoms with Gasteiger partial charge in [0.25, 0.3) is 0 Å². The molecule has 0 atom stereocenters. The van der Waals surface area contributed by atoms with Gasteiger partial charge in [0.2, 0.25) is 0 Å². The highest BCUT2D eigenvalue weighted by Gasteiger charge is 2.19. The first-order valence-corrected chi connectivity index (χ1v) is 8.15. The van der Waals surface area contributed by atoms with E-state index in [1.807, 2.05) is 18.2 Å². The Bertz CT molecular complexity index is 651. The molecule has 0 spiro atoms. The Morgan fingerprint density at radius 2 is 1.67 bits per heavy atom. The SMILES string of the molecule is CN(Cc1ccccc1)CC(C)(C)NCc1ccc(C(=O)O)cc1. The van der Waals surface area contributed by atoms with Gasteiger partial charge in [0.15, 0.2) is 0 Å². The van der Waals surface area contributed by atoms with Crippen molar-refractivity contribution in [3.63, 3.8) is 0 Å². The van der Waals surface area contributed by atoms with Gasteiger partial charge in [-0.15, -0.1) is 0 Å². The molecule has 0 radical (unpaired) electrons. The second kappa shape index (κ2) is 8.08. The topological polar surface area (TPSA) is 52.6 Å². The molecule has 0 saturated carbocycles. The first kappa shape index (κ1) is 18.2. The number of carboxylic acid groups (broad SMARTS) is 1. The van der Waals surface area contributed by atoms with Gasteiger partial charge in [0.1, 0.15) is 0 Å². The molecule has 0 bridgehead atoms. The Morgan fingerprint density at radius 3 is 2.25 bits per heavy atom. The molecule has 0 amide bonds. The third kappa shape index (κ3) is 5.80. The Hall–Kier alpha value is -2.17. The van der Waals surface area contributed by atoms with Crippen molar-refractivity contribution in [2.45, 2.75) is 32.5 Å². The number of nitrogens with one attached hydrogen (secondary N) is 1. The third-order valence-electron chi connectivity index (χ3n) is 3.93. The van der Waals surface area contributed by atoms with Gasteiger partial charge < -0.3 is 15.3 Å². The van der Waals surface area contributed by atoms with E-state index >= 15 is 0 Å².